The maximum Gasteiger partial charge on any atom is 0.420 e. The third kappa shape index (κ3) is 9.96. The molecule has 10 nitrogen and oxygen atoms in total. The zero-order chi connectivity index (χ0) is 22.1. The third-order valence-electron chi connectivity index (χ3n) is 3.06. The molecule has 0 aromatic rings. The van der Waals surface area contributed by atoms with E-state index in [0.29, 0.717) is 4.90 Å². The predicted octanol–water partition coefficient (Wildman–Crippen LogP) is 4.13. The number of azide groups is 1. The maximum absolute atomic E-state index is 13.9. The predicted molar refractivity (Wildman–Crippen MR) is 98.3 cm³/mol. The number of methoxy groups -OCH3 is 1. The highest BCUT2D eigenvalue weighted by Gasteiger charge is 2.41. The lowest BCUT2D eigenvalue weighted by molar-refractivity contribution is -0.147. The van der Waals surface area contributed by atoms with Crippen molar-refractivity contribution < 1.29 is 33.0 Å². The highest BCUT2D eigenvalue weighted by molar-refractivity contribution is 5.94. The Balaban J connectivity index is 5.74. The smallest absolute Gasteiger partial charge is 0.420 e. The molecule has 0 aromatic carbocycles. The first-order valence-electron chi connectivity index (χ1n) is 8.69. The van der Waals surface area contributed by atoms with Gasteiger partial charge < -0.3 is 14.2 Å². The Morgan fingerprint density at radius 1 is 1.04 bits per heavy atom. The van der Waals surface area contributed by atoms with Gasteiger partial charge in [0.15, 0.2) is 0 Å². The van der Waals surface area contributed by atoms with Crippen molar-refractivity contribution in [2.24, 2.45) is 5.11 Å². The molecule has 1 unspecified atom stereocenters. The minimum Gasteiger partial charge on any atom is -0.467 e. The van der Waals surface area contributed by atoms with Gasteiger partial charge in [-0.15, -0.1) is 0 Å². The second-order valence-electron chi connectivity index (χ2n) is 7.96. The van der Waals surface area contributed by atoms with Crippen LogP contribution in [0.1, 0.15) is 54.4 Å². The van der Waals surface area contributed by atoms with Gasteiger partial charge in [-0.25, -0.2) is 18.8 Å². The Morgan fingerprint density at radius 3 is 1.86 bits per heavy atom. The molecule has 0 fully saturated rings. The van der Waals surface area contributed by atoms with E-state index in [1.54, 1.807) is 41.5 Å². The lowest BCUT2D eigenvalue weighted by Gasteiger charge is -2.32. The largest absolute Gasteiger partial charge is 0.467 e. The van der Waals surface area contributed by atoms with Gasteiger partial charge in [-0.1, -0.05) is 5.11 Å². The van der Waals surface area contributed by atoms with Gasteiger partial charge >= 0.3 is 18.2 Å². The Morgan fingerprint density at radius 2 is 1.50 bits per heavy atom. The molecule has 0 rings (SSSR count). The van der Waals surface area contributed by atoms with Crippen molar-refractivity contribution >= 4 is 18.2 Å². The molecule has 0 aliphatic carbocycles. The van der Waals surface area contributed by atoms with Crippen molar-refractivity contribution in [2.45, 2.75) is 77.8 Å². The molecular formula is C17H29FN4O6. The SMILES string of the molecule is COC(=O)[C@H](CCC(F)CN=[N+]=[N-])N(C(=O)OC(C)(C)C)C(=O)OC(C)(C)C. The van der Waals surface area contributed by atoms with Crippen molar-refractivity contribution in [2.75, 3.05) is 13.7 Å². The normalized spacial score (nSPS) is 13.6. The number of halogens is 1. The Bertz CT molecular complexity index is 580. The molecule has 0 spiro atoms. The van der Waals surface area contributed by atoms with Gasteiger partial charge in [0.1, 0.15) is 23.4 Å². The van der Waals surface area contributed by atoms with E-state index in [9.17, 15) is 18.8 Å². The molecule has 28 heavy (non-hydrogen) atoms. The number of hydrogen-bond acceptors (Lipinski definition) is 7. The van der Waals surface area contributed by atoms with E-state index in [1.165, 1.54) is 0 Å². The van der Waals surface area contributed by atoms with Crippen molar-refractivity contribution in [3.8, 4) is 0 Å². The highest BCUT2D eigenvalue weighted by Crippen LogP contribution is 2.21. The summed E-state index contributed by atoms with van der Waals surface area (Å²) in [6.45, 7) is 9.08. The molecule has 0 aliphatic heterocycles. The van der Waals surface area contributed by atoms with E-state index in [0.717, 1.165) is 7.11 Å². The first-order chi connectivity index (χ1) is 12.7. The molecule has 0 N–H and O–H groups in total. The number of carbonyl (C=O) groups is 3. The Kier molecular flexibility index (Phi) is 9.72. The fraction of sp³-hybridized carbons (Fsp3) is 0.824. The minimum absolute atomic E-state index is 0.263. The molecule has 0 saturated carbocycles. The number of esters is 1. The molecule has 0 aliphatic rings. The average molecular weight is 404 g/mol. The van der Waals surface area contributed by atoms with E-state index < -0.39 is 48.1 Å². The van der Waals surface area contributed by atoms with Crippen LogP contribution in [-0.2, 0) is 19.0 Å². The number of carbonyl (C=O) groups excluding carboxylic acids is 3. The van der Waals surface area contributed by atoms with Crippen molar-refractivity contribution in [3.63, 3.8) is 0 Å². The van der Waals surface area contributed by atoms with Crippen molar-refractivity contribution in [3.05, 3.63) is 10.4 Å². The number of hydrogen-bond donors (Lipinski definition) is 0. The van der Waals surface area contributed by atoms with Crippen LogP contribution in [-0.4, -0.2) is 60.1 Å². The van der Waals surface area contributed by atoms with E-state index in [4.69, 9.17) is 15.0 Å². The van der Waals surface area contributed by atoms with Gasteiger partial charge in [-0.2, -0.15) is 4.90 Å². The summed E-state index contributed by atoms with van der Waals surface area (Å²) >= 11 is 0. The molecule has 0 aromatic heterocycles. The topological polar surface area (TPSA) is 131 Å². The first-order valence-corrected chi connectivity index (χ1v) is 8.69. The van der Waals surface area contributed by atoms with Crippen LogP contribution in [0, 0.1) is 0 Å². The zero-order valence-corrected chi connectivity index (χ0v) is 17.4. The van der Waals surface area contributed by atoms with E-state index >= 15 is 0 Å². The second kappa shape index (κ2) is 10.7. The van der Waals surface area contributed by atoms with Crippen LogP contribution in [0.3, 0.4) is 0 Å². The van der Waals surface area contributed by atoms with Gasteiger partial charge in [-0.05, 0) is 59.9 Å². The molecule has 0 saturated heterocycles. The number of amides is 2. The quantitative estimate of drug-likeness (QED) is 0.206. The summed E-state index contributed by atoms with van der Waals surface area (Å²) in [5.41, 5.74) is 6.34. The van der Waals surface area contributed by atoms with Crippen molar-refractivity contribution in [1.82, 2.24) is 4.90 Å². The summed E-state index contributed by atoms with van der Waals surface area (Å²) in [6.07, 6.45) is -4.35. The summed E-state index contributed by atoms with van der Waals surface area (Å²) in [7, 11) is 1.07. The Labute approximate surface area is 163 Å². The summed E-state index contributed by atoms with van der Waals surface area (Å²) < 4.78 is 28.9. The van der Waals surface area contributed by atoms with Gasteiger partial charge in [-0.3, -0.25) is 0 Å². The molecule has 0 radical (unpaired) electrons. The zero-order valence-electron chi connectivity index (χ0n) is 17.4. The van der Waals surface area contributed by atoms with E-state index in [2.05, 4.69) is 14.8 Å². The fourth-order valence-corrected chi connectivity index (χ4v) is 1.99. The fourth-order valence-electron chi connectivity index (χ4n) is 1.99. The van der Waals surface area contributed by atoms with Crippen LogP contribution in [0.4, 0.5) is 14.0 Å². The van der Waals surface area contributed by atoms with Crippen LogP contribution < -0.4 is 0 Å². The van der Waals surface area contributed by atoms with Crippen LogP contribution in [0.15, 0.2) is 5.11 Å². The first kappa shape index (κ1) is 25.4. The highest BCUT2D eigenvalue weighted by atomic mass is 19.1. The number of alkyl halides is 1. The Hall–Kier alpha value is -2.55. The average Bonchev–Trinajstić information content (AvgIpc) is 2.52. The lowest BCUT2D eigenvalue weighted by atomic mass is 10.1. The molecule has 11 heteroatoms. The standard InChI is InChI=1S/C17H29FN4O6/c1-16(2,3)27-14(24)22(15(25)28-17(4,5)6)12(13(23)26-7)9-8-11(18)10-20-21-19/h11-12H,8-10H2,1-7H3/t11?,12-/m0/s1. The van der Waals surface area contributed by atoms with Crippen LogP contribution >= 0.6 is 0 Å². The number of ether oxygens (including phenoxy) is 3. The van der Waals surface area contributed by atoms with Crippen LogP contribution in [0.2, 0.25) is 0 Å². The summed E-state index contributed by atoms with van der Waals surface area (Å²) in [5, 5.41) is 3.12. The van der Waals surface area contributed by atoms with Gasteiger partial charge in [0, 0.05) is 4.91 Å². The molecular weight excluding hydrogens is 375 g/mol. The molecule has 0 heterocycles. The van der Waals surface area contributed by atoms with E-state index in [-0.39, 0.29) is 12.8 Å². The van der Waals surface area contributed by atoms with Gasteiger partial charge in [0.25, 0.3) is 0 Å². The number of imide groups is 1. The second-order valence-corrected chi connectivity index (χ2v) is 7.96. The van der Waals surface area contributed by atoms with Crippen LogP contribution in [0.5, 0.6) is 0 Å². The van der Waals surface area contributed by atoms with Gasteiger partial charge in [0.2, 0.25) is 0 Å². The number of rotatable bonds is 7. The monoisotopic (exact) mass is 404 g/mol. The minimum atomic E-state index is -1.57. The number of nitrogens with zero attached hydrogens (tertiary/aromatic N) is 4. The van der Waals surface area contributed by atoms with Crippen molar-refractivity contribution in [1.29, 1.82) is 0 Å². The summed E-state index contributed by atoms with van der Waals surface area (Å²) in [6, 6.07) is -1.47. The third-order valence-corrected chi connectivity index (χ3v) is 3.06. The molecule has 2 amide bonds. The molecule has 2 atom stereocenters. The van der Waals surface area contributed by atoms with Gasteiger partial charge in [0.05, 0.1) is 13.7 Å². The summed E-state index contributed by atoms with van der Waals surface area (Å²) in [5.74, 6) is -0.937. The lowest BCUT2D eigenvalue weighted by Crippen LogP contribution is -2.52. The molecule has 0 bridgehead atoms. The maximum atomic E-state index is 13.9. The van der Waals surface area contributed by atoms with Crippen LogP contribution in [0.25, 0.3) is 10.4 Å². The van der Waals surface area contributed by atoms with E-state index in [1.807, 2.05) is 0 Å². The summed E-state index contributed by atoms with van der Waals surface area (Å²) in [4.78, 5) is 40.4. The molecule has 160 valence electrons.